The first-order chi connectivity index (χ1) is 15.0. The fourth-order valence-electron chi connectivity index (χ4n) is 4.32. The Labute approximate surface area is 179 Å². The number of nitrogens with one attached hydrogen (secondary N) is 1. The number of pyridine rings is 1. The lowest BCUT2D eigenvalue weighted by atomic mass is 9.99. The molecule has 0 amide bonds. The molecule has 1 saturated heterocycles. The molecule has 1 aromatic carbocycles. The van der Waals surface area contributed by atoms with E-state index in [0.29, 0.717) is 12.2 Å². The number of nitrogen functional groups attached to an aromatic ring is 1. The largest absolute Gasteiger partial charge is 0.411 e. The van der Waals surface area contributed by atoms with E-state index >= 15 is 0 Å². The Hall–Kier alpha value is -3.52. The van der Waals surface area contributed by atoms with E-state index in [0.717, 1.165) is 53.2 Å². The van der Waals surface area contributed by atoms with E-state index in [-0.39, 0.29) is 17.7 Å². The number of H-pyrrole nitrogens is 1. The highest BCUT2D eigenvalue weighted by molar-refractivity contribution is 5.88. The summed E-state index contributed by atoms with van der Waals surface area (Å²) in [6.45, 7) is 5.05. The van der Waals surface area contributed by atoms with Crippen molar-refractivity contribution in [2.24, 2.45) is 0 Å². The van der Waals surface area contributed by atoms with Crippen LogP contribution in [0.25, 0.3) is 28.0 Å². The van der Waals surface area contributed by atoms with Crippen molar-refractivity contribution in [3.05, 3.63) is 64.3 Å². The SMILES string of the molecule is Cc1cc(-c2c(-c3ccccc3)[nH+]c(N)n3c(=O)n(C[C@H]4CCCO4)nc23)cc(C)n1. The minimum atomic E-state index is -0.275. The average molecular weight is 417 g/mol. The first-order valence-corrected chi connectivity index (χ1v) is 10.5. The number of aryl methyl sites for hydroxylation is 2. The number of ether oxygens (including phenoxy) is 1. The second-order valence-corrected chi connectivity index (χ2v) is 8.02. The summed E-state index contributed by atoms with van der Waals surface area (Å²) in [6.07, 6.45) is 1.92. The van der Waals surface area contributed by atoms with Crippen LogP contribution in [-0.2, 0) is 11.3 Å². The van der Waals surface area contributed by atoms with Gasteiger partial charge in [-0.3, -0.25) is 10.7 Å². The van der Waals surface area contributed by atoms with Gasteiger partial charge in [-0.05, 0) is 44.4 Å². The van der Waals surface area contributed by atoms with E-state index in [1.54, 1.807) is 0 Å². The number of nitrogens with zero attached hydrogens (tertiary/aromatic N) is 4. The summed E-state index contributed by atoms with van der Waals surface area (Å²) in [6, 6.07) is 13.9. The van der Waals surface area contributed by atoms with Gasteiger partial charge in [0, 0.05) is 23.6 Å². The lowest BCUT2D eigenvalue weighted by Gasteiger charge is -2.10. The molecular formula is C23H25N6O2+. The molecule has 3 aromatic heterocycles. The molecule has 1 aliphatic rings. The molecule has 0 bridgehead atoms. The van der Waals surface area contributed by atoms with Crippen LogP contribution in [0.3, 0.4) is 0 Å². The van der Waals surface area contributed by atoms with E-state index in [1.165, 1.54) is 9.08 Å². The minimum absolute atomic E-state index is 0.00438. The van der Waals surface area contributed by atoms with Crippen molar-refractivity contribution in [1.29, 1.82) is 0 Å². The van der Waals surface area contributed by atoms with Crippen molar-refractivity contribution >= 4 is 11.6 Å². The summed E-state index contributed by atoms with van der Waals surface area (Å²) < 4.78 is 8.63. The van der Waals surface area contributed by atoms with Crippen LogP contribution in [0, 0.1) is 13.8 Å². The highest BCUT2D eigenvalue weighted by Gasteiger charge is 2.27. The van der Waals surface area contributed by atoms with Gasteiger partial charge in [0.05, 0.1) is 18.2 Å². The van der Waals surface area contributed by atoms with Crippen molar-refractivity contribution in [3.63, 3.8) is 0 Å². The van der Waals surface area contributed by atoms with Gasteiger partial charge in [0.25, 0.3) is 0 Å². The molecule has 0 spiro atoms. The smallest absolute Gasteiger partial charge is 0.376 e. The number of benzene rings is 1. The number of rotatable bonds is 4. The van der Waals surface area contributed by atoms with Gasteiger partial charge in [-0.1, -0.05) is 30.3 Å². The molecule has 0 aliphatic carbocycles. The van der Waals surface area contributed by atoms with E-state index in [9.17, 15) is 4.79 Å². The van der Waals surface area contributed by atoms with Crippen LogP contribution in [0.5, 0.6) is 0 Å². The summed E-state index contributed by atoms with van der Waals surface area (Å²) >= 11 is 0. The maximum absolute atomic E-state index is 13.2. The third-order valence-corrected chi connectivity index (χ3v) is 5.64. The maximum atomic E-state index is 13.2. The molecule has 0 saturated carbocycles. The molecule has 1 fully saturated rings. The van der Waals surface area contributed by atoms with Gasteiger partial charge in [-0.25, -0.2) is 9.78 Å². The second kappa shape index (κ2) is 7.63. The Morgan fingerprint density at radius 2 is 1.90 bits per heavy atom. The van der Waals surface area contributed by atoms with E-state index < -0.39 is 0 Å². The molecule has 8 nitrogen and oxygen atoms in total. The number of aromatic amines is 1. The Balaban J connectivity index is 1.81. The molecule has 0 radical (unpaired) electrons. The molecule has 1 atom stereocenters. The Morgan fingerprint density at radius 1 is 1.16 bits per heavy atom. The van der Waals surface area contributed by atoms with Gasteiger partial charge >= 0.3 is 11.6 Å². The molecule has 158 valence electrons. The molecule has 0 unspecified atom stereocenters. The maximum Gasteiger partial charge on any atom is 0.411 e. The van der Waals surface area contributed by atoms with E-state index in [2.05, 4.69) is 9.97 Å². The van der Waals surface area contributed by atoms with Gasteiger partial charge in [-0.15, -0.1) is 9.50 Å². The molecule has 1 aliphatic heterocycles. The highest BCUT2D eigenvalue weighted by Crippen LogP contribution is 2.33. The molecule has 4 heterocycles. The summed E-state index contributed by atoms with van der Waals surface area (Å²) in [5.74, 6) is 0.240. The van der Waals surface area contributed by atoms with Crippen molar-refractivity contribution in [2.75, 3.05) is 12.3 Å². The van der Waals surface area contributed by atoms with Crippen LogP contribution < -0.4 is 16.4 Å². The number of aromatic nitrogens is 5. The molecule has 8 heteroatoms. The third kappa shape index (κ3) is 3.48. The van der Waals surface area contributed by atoms with Crippen molar-refractivity contribution in [2.45, 2.75) is 39.3 Å². The quantitative estimate of drug-likeness (QED) is 0.549. The van der Waals surface area contributed by atoms with Crippen LogP contribution in [0.2, 0.25) is 0 Å². The fourth-order valence-corrected chi connectivity index (χ4v) is 4.32. The van der Waals surface area contributed by atoms with Crippen molar-refractivity contribution < 1.29 is 9.72 Å². The predicted octanol–water partition coefficient (Wildman–Crippen LogP) is 2.42. The normalized spacial score (nSPS) is 16.3. The van der Waals surface area contributed by atoms with Crippen LogP contribution in [-0.4, -0.2) is 31.9 Å². The van der Waals surface area contributed by atoms with Gasteiger partial charge in [0.1, 0.15) is 5.69 Å². The van der Waals surface area contributed by atoms with E-state index in [1.807, 2.05) is 56.3 Å². The Bertz CT molecular complexity index is 1300. The standard InChI is InChI=1S/C23H24N6O2/c1-14-11-17(12-15(2)25-14)19-20(16-7-4-3-5-8-16)26-22(24)29-21(19)27-28(23(29)30)13-18-9-6-10-31-18/h3-5,7-8,11-12,18H,6,9-10,13H2,1-2H3,(H2,24,26)/p+1/t18-/m1/s1. The average Bonchev–Trinajstić information content (AvgIpc) is 3.36. The fraction of sp³-hybridized carbons (Fsp3) is 0.304. The molecular weight excluding hydrogens is 392 g/mol. The molecule has 3 N–H and O–H groups in total. The van der Waals surface area contributed by atoms with Gasteiger partial charge in [-0.2, -0.15) is 4.68 Å². The summed E-state index contributed by atoms with van der Waals surface area (Å²) in [5.41, 5.74) is 11.9. The Morgan fingerprint density at radius 3 is 2.58 bits per heavy atom. The number of nitrogens with two attached hydrogens (primary N) is 1. The zero-order chi connectivity index (χ0) is 21.5. The van der Waals surface area contributed by atoms with Gasteiger partial charge in [0.2, 0.25) is 5.65 Å². The summed E-state index contributed by atoms with van der Waals surface area (Å²) in [4.78, 5) is 21.0. The van der Waals surface area contributed by atoms with E-state index in [4.69, 9.17) is 15.6 Å². The zero-order valence-electron chi connectivity index (χ0n) is 17.6. The molecule has 31 heavy (non-hydrogen) atoms. The van der Waals surface area contributed by atoms with Crippen LogP contribution in [0.4, 0.5) is 5.95 Å². The summed E-state index contributed by atoms with van der Waals surface area (Å²) in [7, 11) is 0. The zero-order valence-corrected chi connectivity index (χ0v) is 17.6. The lowest BCUT2D eigenvalue weighted by molar-refractivity contribution is -0.351. The first-order valence-electron chi connectivity index (χ1n) is 10.5. The van der Waals surface area contributed by atoms with Crippen LogP contribution >= 0.6 is 0 Å². The number of fused-ring (bicyclic) bond motifs is 1. The molecule has 5 rings (SSSR count). The van der Waals surface area contributed by atoms with Gasteiger partial charge in [0.15, 0.2) is 0 Å². The van der Waals surface area contributed by atoms with Gasteiger partial charge < -0.3 is 4.74 Å². The van der Waals surface area contributed by atoms with Crippen LogP contribution in [0.15, 0.2) is 47.3 Å². The monoisotopic (exact) mass is 417 g/mol. The van der Waals surface area contributed by atoms with Crippen molar-refractivity contribution in [1.82, 2.24) is 19.2 Å². The minimum Gasteiger partial charge on any atom is -0.376 e. The number of hydrogen-bond acceptors (Lipinski definition) is 5. The third-order valence-electron chi connectivity index (χ3n) is 5.64. The lowest BCUT2D eigenvalue weighted by Crippen LogP contribution is -2.30. The summed E-state index contributed by atoms with van der Waals surface area (Å²) in [5, 5.41) is 4.73. The van der Waals surface area contributed by atoms with Crippen LogP contribution in [0.1, 0.15) is 24.2 Å². The number of anilines is 1. The first kappa shape index (κ1) is 19.4. The predicted molar refractivity (Wildman–Crippen MR) is 118 cm³/mol. The second-order valence-electron chi connectivity index (χ2n) is 8.02. The highest BCUT2D eigenvalue weighted by atomic mass is 16.5. The Kier molecular flexibility index (Phi) is 4.78. The number of hydrogen-bond donors (Lipinski definition) is 1. The molecule has 4 aromatic rings. The van der Waals surface area contributed by atoms with Crippen molar-refractivity contribution in [3.8, 4) is 22.4 Å². The topological polar surface area (TPSA) is 102 Å².